The molecule has 2 aromatic rings. The highest BCUT2D eigenvalue weighted by atomic mass is 16.3. The van der Waals surface area contributed by atoms with Gasteiger partial charge in [0.1, 0.15) is 11.8 Å². The van der Waals surface area contributed by atoms with Crippen LogP contribution in [0.3, 0.4) is 0 Å². The highest BCUT2D eigenvalue weighted by Gasteiger charge is 2.16. The molecule has 0 aliphatic heterocycles. The molecular formula is C16H21NO3. The van der Waals surface area contributed by atoms with E-state index in [0.29, 0.717) is 18.7 Å². The van der Waals surface area contributed by atoms with Gasteiger partial charge in [-0.2, -0.15) is 0 Å². The number of rotatable bonds is 8. The average molecular weight is 275 g/mol. The standard InChI is InChI=1S/C16H21NO3/c1-2-3-8-17(9-10-18)11-15(19)14-12-20-16-7-5-4-6-13(14)16/h4-7,12,18H,2-3,8-11H2,1H3. The monoisotopic (exact) mass is 275 g/mol. The van der Waals surface area contributed by atoms with Gasteiger partial charge in [0.15, 0.2) is 5.78 Å². The summed E-state index contributed by atoms with van der Waals surface area (Å²) in [4.78, 5) is 14.4. The zero-order valence-corrected chi connectivity index (χ0v) is 11.8. The first-order valence-electron chi connectivity index (χ1n) is 7.09. The molecule has 0 spiro atoms. The van der Waals surface area contributed by atoms with E-state index in [1.165, 1.54) is 6.26 Å². The lowest BCUT2D eigenvalue weighted by Gasteiger charge is -2.19. The fourth-order valence-corrected chi connectivity index (χ4v) is 2.28. The number of hydrogen-bond acceptors (Lipinski definition) is 4. The number of carbonyl (C=O) groups excluding carboxylic acids is 1. The van der Waals surface area contributed by atoms with Crippen LogP contribution in [0.25, 0.3) is 11.0 Å². The van der Waals surface area contributed by atoms with Crippen molar-refractivity contribution in [2.24, 2.45) is 0 Å². The van der Waals surface area contributed by atoms with Gasteiger partial charge in [0.25, 0.3) is 0 Å². The summed E-state index contributed by atoms with van der Waals surface area (Å²) in [7, 11) is 0. The minimum atomic E-state index is 0.0412. The van der Waals surface area contributed by atoms with Crippen LogP contribution in [0.5, 0.6) is 0 Å². The first-order chi connectivity index (χ1) is 9.76. The number of Topliss-reactive ketones (excluding diaryl/α,β-unsaturated/α-hetero) is 1. The van der Waals surface area contributed by atoms with Gasteiger partial charge in [-0.15, -0.1) is 0 Å². The van der Waals surface area contributed by atoms with Gasteiger partial charge in [0.05, 0.1) is 18.7 Å². The third kappa shape index (κ3) is 3.46. The number of fused-ring (bicyclic) bond motifs is 1. The Hall–Kier alpha value is -1.65. The fourth-order valence-electron chi connectivity index (χ4n) is 2.28. The van der Waals surface area contributed by atoms with E-state index in [4.69, 9.17) is 9.52 Å². The average Bonchev–Trinajstić information content (AvgIpc) is 2.89. The van der Waals surface area contributed by atoms with Crippen molar-refractivity contribution in [3.8, 4) is 0 Å². The number of nitrogens with zero attached hydrogens (tertiary/aromatic N) is 1. The minimum Gasteiger partial charge on any atom is -0.464 e. The molecule has 0 aliphatic rings. The Balaban J connectivity index is 2.09. The normalized spacial score (nSPS) is 11.3. The van der Waals surface area contributed by atoms with Gasteiger partial charge in [-0.3, -0.25) is 9.69 Å². The Morgan fingerprint density at radius 3 is 2.85 bits per heavy atom. The Morgan fingerprint density at radius 2 is 2.10 bits per heavy atom. The molecule has 0 saturated carbocycles. The molecule has 0 bridgehead atoms. The Labute approximate surface area is 119 Å². The molecule has 1 N–H and O–H groups in total. The molecule has 0 saturated heterocycles. The number of aliphatic hydroxyl groups excluding tert-OH is 1. The van der Waals surface area contributed by atoms with Crippen LogP contribution in [0.15, 0.2) is 34.9 Å². The summed E-state index contributed by atoms with van der Waals surface area (Å²) in [5, 5.41) is 9.94. The molecule has 20 heavy (non-hydrogen) atoms. The number of furan rings is 1. The molecule has 0 atom stereocenters. The van der Waals surface area contributed by atoms with E-state index in [-0.39, 0.29) is 12.4 Å². The summed E-state index contributed by atoms with van der Waals surface area (Å²) >= 11 is 0. The van der Waals surface area contributed by atoms with Crippen LogP contribution in [-0.4, -0.2) is 42.0 Å². The van der Waals surface area contributed by atoms with E-state index in [1.54, 1.807) is 0 Å². The highest BCUT2D eigenvalue weighted by molar-refractivity contribution is 6.08. The van der Waals surface area contributed by atoms with Crippen molar-refractivity contribution >= 4 is 16.8 Å². The Bertz CT molecular complexity index is 562. The molecule has 0 aliphatic carbocycles. The smallest absolute Gasteiger partial charge is 0.180 e. The van der Waals surface area contributed by atoms with Crippen LogP contribution in [0.4, 0.5) is 0 Å². The van der Waals surface area contributed by atoms with E-state index in [2.05, 4.69) is 6.92 Å². The maximum atomic E-state index is 12.4. The maximum absolute atomic E-state index is 12.4. The zero-order valence-electron chi connectivity index (χ0n) is 11.8. The molecule has 4 nitrogen and oxygen atoms in total. The van der Waals surface area contributed by atoms with Crippen molar-refractivity contribution in [1.29, 1.82) is 0 Å². The second-order valence-electron chi connectivity index (χ2n) is 4.92. The molecule has 0 radical (unpaired) electrons. The van der Waals surface area contributed by atoms with Gasteiger partial charge < -0.3 is 9.52 Å². The van der Waals surface area contributed by atoms with E-state index in [9.17, 15) is 4.79 Å². The van der Waals surface area contributed by atoms with Gasteiger partial charge in [-0.05, 0) is 19.0 Å². The second kappa shape index (κ2) is 7.22. The quantitative estimate of drug-likeness (QED) is 0.753. The van der Waals surface area contributed by atoms with Crippen molar-refractivity contribution in [3.05, 3.63) is 36.1 Å². The molecule has 0 amide bonds. The van der Waals surface area contributed by atoms with Gasteiger partial charge in [-0.25, -0.2) is 0 Å². The highest BCUT2D eigenvalue weighted by Crippen LogP contribution is 2.21. The van der Waals surface area contributed by atoms with E-state index in [1.807, 2.05) is 29.2 Å². The lowest BCUT2D eigenvalue weighted by Crippen LogP contribution is -2.33. The van der Waals surface area contributed by atoms with Crippen molar-refractivity contribution in [2.75, 3.05) is 26.2 Å². The number of unbranched alkanes of at least 4 members (excludes halogenated alkanes) is 1. The van der Waals surface area contributed by atoms with Crippen LogP contribution in [0, 0.1) is 0 Å². The van der Waals surface area contributed by atoms with Crippen molar-refractivity contribution in [3.63, 3.8) is 0 Å². The summed E-state index contributed by atoms with van der Waals surface area (Å²) < 4.78 is 5.40. The topological polar surface area (TPSA) is 53.7 Å². The van der Waals surface area contributed by atoms with Crippen LogP contribution < -0.4 is 0 Å². The number of aliphatic hydroxyl groups is 1. The molecule has 0 fully saturated rings. The lowest BCUT2D eigenvalue weighted by atomic mass is 10.1. The molecule has 2 rings (SSSR count). The van der Waals surface area contributed by atoms with Crippen LogP contribution >= 0.6 is 0 Å². The Morgan fingerprint density at radius 1 is 1.30 bits per heavy atom. The van der Waals surface area contributed by atoms with Gasteiger partial charge in [0.2, 0.25) is 0 Å². The van der Waals surface area contributed by atoms with Crippen molar-refractivity contribution < 1.29 is 14.3 Å². The number of ketones is 1. The van der Waals surface area contributed by atoms with E-state index < -0.39 is 0 Å². The predicted octanol–water partition coefficient (Wildman–Crippen LogP) is 2.71. The SMILES string of the molecule is CCCCN(CCO)CC(=O)c1coc2ccccc12. The number of hydrogen-bond donors (Lipinski definition) is 1. The van der Waals surface area contributed by atoms with Gasteiger partial charge in [0, 0.05) is 11.9 Å². The molecule has 1 aromatic heterocycles. The molecule has 4 heteroatoms. The summed E-state index contributed by atoms with van der Waals surface area (Å²) in [5.41, 5.74) is 1.36. The molecule has 108 valence electrons. The van der Waals surface area contributed by atoms with Crippen molar-refractivity contribution in [2.45, 2.75) is 19.8 Å². The van der Waals surface area contributed by atoms with Crippen LogP contribution in [-0.2, 0) is 0 Å². The number of carbonyl (C=O) groups is 1. The summed E-state index contributed by atoms with van der Waals surface area (Å²) in [6, 6.07) is 7.54. The Kier molecular flexibility index (Phi) is 5.32. The maximum Gasteiger partial charge on any atom is 0.180 e. The third-order valence-electron chi connectivity index (χ3n) is 3.39. The predicted molar refractivity (Wildman–Crippen MR) is 79.0 cm³/mol. The number of para-hydroxylation sites is 1. The number of benzene rings is 1. The summed E-state index contributed by atoms with van der Waals surface area (Å²) in [5.74, 6) is 0.0412. The molecule has 0 unspecified atom stereocenters. The third-order valence-corrected chi connectivity index (χ3v) is 3.39. The largest absolute Gasteiger partial charge is 0.464 e. The zero-order chi connectivity index (χ0) is 14.4. The first kappa shape index (κ1) is 14.8. The fraction of sp³-hybridized carbons (Fsp3) is 0.438. The lowest BCUT2D eigenvalue weighted by molar-refractivity contribution is 0.0914. The van der Waals surface area contributed by atoms with Crippen molar-refractivity contribution in [1.82, 2.24) is 4.90 Å². The second-order valence-corrected chi connectivity index (χ2v) is 4.92. The first-order valence-corrected chi connectivity index (χ1v) is 7.09. The summed E-state index contributed by atoms with van der Waals surface area (Å²) in [6.45, 7) is 3.87. The van der Waals surface area contributed by atoms with E-state index >= 15 is 0 Å². The van der Waals surface area contributed by atoms with Gasteiger partial charge in [-0.1, -0.05) is 31.5 Å². The van der Waals surface area contributed by atoms with Crippen LogP contribution in [0.2, 0.25) is 0 Å². The molecular weight excluding hydrogens is 254 g/mol. The van der Waals surface area contributed by atoms with Gasteiger partial charge >= 0.3 is 0 Å². The minimum absolute atomic E-state index is 0.0412. The van der Waals surface area contributed by atoms with Crippen LogP contribution in [0.1, 0.15) is 30.1 Å². The molecule has 1 heterocycles. The molecule has 1 aromatic carbocycles. The summed E-state index contributed by atoms with van der Waals surface area (Å²) in [6.07, 6.45) is 3.63. The van der Waals surface area contributed by atoms with E-state index in [0.717, 1.165) is 30.4 Å².